The van der Waals surface area contributed by atoms with E-state index in [1.54, 1.807) is 6.92 Å². The van der Waals surface area contributed by atoms with Crippen molar-refractivity contribution < 1.29 is 14.8 Å². The normalized spacial score (nSPS) is 11.3. The number of carboxylic acids is 1. The highest BCUT2D eigenvalue weighted by Crippen LogP contribution is 2.26. The van der Waals surface area contributed by atoms with Crippen LogP contribution in [0.3, 0.4) is 0 Å². The molecule has 6 nitrogen and oxygen atoms in total. The van der Waals surface area contributed by atoms with Crippen LogP contribution in [0.1, 0.15) is 17.3 Å². The van der Waals surface area contributed by atoms with Crippen LogP contribution in [0.5, 0.6) is 0 Å². The molecule has 0 aromatic heterocycles. The van der Waals surface area contributed by atoms with Crippen molar-refractivity contribution in [2.45, 2.75) is 13.0 Å². The summed E-state index contributed by atoms with van der Waals surface area (Å²) in [5, 5.41) is 22.2. The summed E-state index contributed by atoms with van der Waals surface area (Å²) >= 11 is 0. The predicted molar refractivity (Wildman–Crippen MR) is 62.0 cm³/mol. The molecule has 0 amide bonds. The first-order valence-corrected chi connectivity index (χ1v) is 4.70. The average molecular weight is 234 g/mol. The molecule has 1 atom stereocenters. The molecule has 1 aromatic carbocycles. The Kier molecular flexibility index (Phi) is 3.67. The number of carbonyl (C=O) groups is 1. The summed E-state index contributed by atoms with van der Waals surface area (Å²) in [6.45, 7) is 1.64. The van der Waals surface area contributed by atoms with Gasteiger partial charge in [0, 0.05) is 6.07 Å². The second-order valence-electron chi connectivity index (χ2n) is 3.33. The van der Waals surface area contributed by atoms with E-state index in [0.29, 0.717) is 0 Å². The number of nitro benzene ring substituents is 1. The third-order valence-electron chi connectivity index (χ3n) is 2.06. The summed E-state index contributed by atoms with van der Waals surface area (Å²) in [6.07, 6.45) is 5.15. The van der Waals surface area contributed by atoms with Crippen molar-refractivity contribution >= 4 is 17.3 Å². The van der Waals surface area contributed by atoms with Gasteiger partial charge in [0.15, 0.2) is 0 Å². The number of benzene rings is 1. The molecule has 0 bridgehead atoms. The number of nitrogens with zero attached hydrogens (tertiary/aromatic N) is 1. The number of hydrogen-bond acceptors (Lipinski definition) is 4. The Morgan fingerprint density at radius 3 is 2.76 bits per heavy atom. The fraction of sp³-hybridized carbons (Fsp3) is 0.182. The van der Waals surface area contributed by atoms with Gasteiger partial charge in [-0.25, -0.2) is 4.79 Å². The van der Waals surface area contributed by atoms with Gasteiger partial charge >= 0.3 is 5.97 Å². The van der Waals surface area contributed by atoms with Gasteiger partial charge in [0.1, 0.15) is 5.69 Å². The lowest BCUT2D eigenvalue weighted by Gasteiger charge is -2.10. The molecule has 0 aliphatic heterocycles. The minimum absolute atomic E-state index is 0.0395. The lowest BCUT2D eigenvalue weighted by atomic mass is 10.1. The van der Waals surface area contributed by atoms with Crippen LogP contribution in [0.15, 0.2) is 18.2 Å². The Bertz CT molecular complexity index is 505. The lowest BCUT2D eigenvalue weighted by Crippen LogP contribution is -2.14. The third-order valence-corrected chi connectivity index (χ3v) is 2.06. The number of terminal acetylenes is 1. The number of aromatic carboxylic acids is 1. The van der Waals surface area contributed by atoms with Crippen LogP contribution in [-0.2, 0) is 0 Å². The maximum atomic E-state index is 10.8. The van der Waals surface area contributed by atoms with Crippen molar-refractivity contribution in [1.29, 1.82) is 0 Å². The number of anilines is 1. The summed E-state index contributed by atoms with van der Waals surface area (Å²) in [6, 6.07) is 3.06. The molecule has 0 spiro atoms. The molecular formula is C11H10N2O4. The monoisotopic (exact) mass is 234 g/mol. The molecule has 0 saturated carbocycles. The van der Waals surface area contributed by atoms with Crippen LogP contribution in [0.2, 0.25) is 0 Å². The van der Waals surface area contributed by atoms with Crippen LogP contribution < -0.4 is 5.32 Å². The molecular weight excluding hydrogens is 224 g/mol. The highest BCUT2D eigenvalue weighted by atomic mass is 16.6. The zero-order valence-corrected chi connectivity index (χ0v) is 9.01. The van der Waals surface area contributed by atoms with Crippen molar-refractivity contribution in [1.82, 2.24) is 0 Å². The van der Waals surface area contributed by atoms with Gasteiger partial charge in [-0.1, -0.05) is 5.92 Å². The van der Waals surface area contributed by atoms with E-state index in [2.05, 4.69) is 11.2 Å². The standard InChI is InChI=1S/C11H10N2O4/c1-3-7(2)12-9-6-8(11(14)15)4-5-10(9)13(16)17/h1,4-7,12H,2H3,(H,14,15). The van der Waals surface area contributed by atoms with Crippen molar-refractivity contribution in [2.24, 2.45) is 0 Å². The molecule has 0 saturated heterocycles. The highest BCUT2D eigenvalue weighted by molar-refractivity contribution is 5.90. The Morgan fingerprint density at radius 1 is 1.65 bits per heavy atom. The average Bonchev–Trinajstić information content (AvgIpc) is 2.28. The van der Waals surface area contributed by atoms with Crippen LogP contribution in [0.4, 0.5) is 11.4 Å². The Morgan fingerprint density at radius 2 is 2.29 bits per heavy atom. The molecule has 1 rings (SSSR count). The topological polar surface area (TPSA) is 92.5 Å². The van der Waals surface area contributed by atoms with Gasteiger partial charge in [0.25, 0.3) is 5.69 Å². The molecule has 17 heavy (non-hydrogen) atoms. The maximum Gasteiger partial charge on any atom is 0.335 e. The van der Waals surface area contributed by atoms with Crippen LogP contribution in [0, 0.1) is 22.5 Å². The van der Waals surface area contributed by atoms with Crippen LogP contribution in [0.25, 0.3) is 0 Å². The first kappa shape index (κ1) is 12.5. The Balaban J connectivity index is 3.21. The SMILES string of the molecule is C#CC(C)Nc1cc(C(=O)O)ccc1[N+](=O)[O-]. The number of carboxylic acid groups (broad SMARTS) is 1. The van der Waals surface area contributed by atoms with Gasteiger partial charge in [-0.05, 0) is 19.1 Å². The molecule has 0 fully saturated rings. The Hall–Kier alpha value is -2.55. The molecule has 0 radical (unpaired) electrons. The summed E-state index contributed by atoms with van der Waals surface area (Å²) < 4.78 is 0. The van der Waals surface area contributed by atoms with E-state index in [0.717, 1.165) is 6.07 Å². The third kappa shape index (κ3) is 2.95. The molecule has 2 N–H and O–H groups in total. The van der Waals surface area contributed by atoms with E-state index in [1.165, 1.54) is 12.1 Å². The minimum Gasteiger partial charge on any atom is -0.478 e. The van der Waals surface area contributed by atoms with Gasteiger partial charge in [-0.3, -0.25) is 10.1 Å². The quantitative estimate of drug-likeness (QED) is 0.470. The largest absolute Gasteiger partial charge is 0.478 e. The van der Waals surface area contributed by atoms with Gasteiger partial charge in [-0.15, -0.1) is 6.42 Å². The Labute approximate surface area is 97.4 Å². The number of hydrogen-bond donors (Lipinski definition) is 2. The molecule has 6 heteroatoms. The molecule has 1 unspecified atom stereocenters. The van der Waals surface area contributed by atoms with E-state index in [1.807, 2.05) is 0 Å². The molecule has 88 valence electrons. The zero-order chi connectivity index (χ0) is 13.0. The van der Waals surface area contributed by atoms with Gasteiger partial charge < -0.3 is 10.4 Å². The number of nitro groups is 1. The fourth-order valence-corrected chi connectivity index (χ4v) is 1.22. The van der Waals surface area contributed by atoms with E-state index in [9.17, 15) is 14.9 Å². The predicted octanol–water partition coefficient (Wildman–Crippen LogP) is 1.73. The van der Waals surface area contributed by atoms with Gasteiger partial charge in [-0.2, -0.15) is 0 Å². The van der Waals surface area contributed by atoms with E-state index in [-0.39, 0.29) is 16.9 Å². The van der Waals surface area contributed by atoms with Crippen LogP contribution >= 0.6 is 0 Å². The summed E-state index contributed by atoms with van der Waals surface area (Å²) in [5.74, 6) is 1.19. The summed E-state index contributed by atoms with van der Waals surface area (Å²) in [7, 11) is 0. The van der Waals surface area contributed by atoms with E-state index < -0.39 is 16.9 Å². The minimum atomic E-state index is -1.16. The fourth-order valence-electron chi connectivity index (χ4n) is 1.22. The van der Waals surface area contributed by atoms with Crippen molar-refractivity contribution in [3.63, 3.8) is 0 Å². The second-order valence-corrected chi connectivity index (χ2v) is 3.33. The first-order chi connectivity index (χ1) is 7.95. The number of rotatable bonds is 4. The van der Waals surface area contributed by atoms with E-state index >= 15 is 0 Å². The molecule has 1 aromatic rings. The van der Waals surface area contributed by atoms with E-state index in [4.69, 9.17) is 11.5 Å². The van der Waals surface area contributed by atoms with Gasteiger partial charge in [0.2, 0.25) is 0 Å². The first-order valence-electron chi connectivity index (χ1n) is 4.70. The van der Waals surface area contributed by atoms with Crippen molar-refractivity contribution in [3.8, 4) is 12.3 Å². The molecule has 0 aliphatic carbocycles. The van der Waals surface area contributed by atoms with Crippen molar-refractivity contribution in [3.05, 3.63) is 33.9 Å². The molecule has 0 heterocycles. The lowest BCUT2D eigenvalue weighted by molar-refractivity contribution is -0.384. The summed E-state index contributed by atoms with van der Waals surface area (Å²) in [5.41, 5.74) is -0.153. The maximum absolute atomic E-state index is 10.8. The highest BCUT2D eigenvalue weighted by Gasteiger charge is 2.17. The van der Waals surface area contributed by atoms with Crippen LogP contribution in [-0.4, -0.2) is 22.0 Å². The summed E-state index contributed by atoms with van der Waals surface area (Å²) in [4.78, 5) is 20.9. The van der Waals surface area contributed by atoms with Gasteiger partial charge in [0.05, 0.1) is 16.5 Å². The second kappa shape index (κ2) is 4.99. The molecule has 0 aliphatic rings. The smallest absolute Gasteiger partial charge is 0.335 e. The van der Waals surface area contributed by atoms with Crippen molar-refractivity contribution in [2.75, 3.05) is 5.32 Å². The number of nitrogens with one attached hydrogen (secondary N) is 1. The zero-order valence-electron chi connectivity index (χ0n) is 9.01.